The summed E-state index contributed by atoms with van der Waals surface area (Å²) in [5.41, 5.74) is 11.7. The first-order chi connectivity index (χ1) is 12.0. The number of halogens is 1. The van der Waals surface area contributed by atoms with Gasteiger partial charge in [-0.1, -0.05) is 5.92 Å². The predicted molar refractivity (Wildman–Crippen MR) is 90.1 cm³/mol. The van der Waals surface area contributed by atoms with Crippen molar-refractivity contribution < 1.29 is 13.9 Å². The number of rotatable bonds is 2. The van der Waals surface area contributed by atoms with Gasteiger partial charge in [0, 0.05) is 23.5 Å². The van der Waals surface area contributed by atoms with Crippen molar-refractivity contribution in [3.8, 4) is 28.3 Å². The summed E-state index contributed by atoms with van der Waals surface area (Å²) in [7, 11) is 0. The number of aromatic nitrogens is 3. The lowest BCUT2D eigenvalue weighted by Crippen LogP contribution is -2.16. The number of primary amides is 1. The van der Waals surface area contributed by atoms with Gasteiger partial charge < -0.3 is 16.2 Å². The predicted octanol–water partition coefficient (Wildman–Crippen LogP) is 2.18. The first-order valence-corrected chi connectivity index (χ1v) is 7.66. The fraction of sp³-hybridized carbons (Fsp3) is 0. The molecule has 1 amide bonds. The van der Waals surface area contributed by atoms with Crippen LogP contribution < -0.4 is 16.2 Å². The Morgan fingerprint density at radius 1 is 1.16 bits per heavy atom. The van der Waals surface area contributed by atoms with Gasteiger partial charge in [0.25, 0.3) is 5.88 Å². The molecule has 0 spiro atoms. The highest BCUT2D eigenvalue weighted by atomic mass is 32.1. The topological polar surface area (TPSA) is 117 Å². The van der Waals surface area contributed by atoms with Crippen molar-refractivity contribution in [1.82, 2.24) is 15.0 Å². The van der Waals surface area contributed by atoms with Crippen molar-refractivity contribution in [2.45, 2.75) is 0 Å². The molecule has 2 aromatic heterocycles. The molecule has 7 nitrogen and oxygen atoms in total. The van der Waals surface area contributed by atoms with Crippen LogP contribution in [-0.4, -0.2) is 21.0 Å². The minimum Gasteiger partial charge on any atom is -0.389 e. The zero-order valence-electron chi connectivity index (χ0n) is 12.6. The third kappa shape index (κ3) is 4.07. The van der Waals surface area contributed by atoms with Crippen LogP contribution in [-0.2, 0) is 0 Å². The number of hydrogen-bond donors (Lipinski definition) is 2. The lowest BCUT2D eigenvalue weighted by atomic mass is 10.2. The number of nitrogen functional groups attached to an aromatic ring is 1. The molecule has 0 bridgehead atoms. The van der Waals surface area contributed by atoms with E-state index < -0.39 is 6.09 Å². The van der Waals surface area contributed by atoms with E-state index in [1.54, 1.807) is 0 Å². The number of amides is 1. The van der Waals surface area contributed by atoms with E-state index in [4.69, 9.17) is 16.2 Å². The van der Waals surface area contributed by atoms with Gasteiger partial charge >= 0.3 is 6.09 Å². The van der Waals surface area contributed by atoms with Gasteiger partial charge in [-0.25, -0.2) is 19.2 Å². The van der Waals surface area contributed by atoms with Crippen LogP contribution in [0.3, 0.4) is 0 Å². The molecule has 0 aliphatic heterocycles. The first kappa shape index (κ1) is 16.4. The average molecular weight is 355 g/mol. The quantitative estimate of drug-likeness (QED) is 0.681. The molecule has 3 aromatic rings. The van der Waals surface area contributed by atoms with Gasteiger partial charge in [-0.05, 0) is 30.2 Å². The van der Waals surface area contributed by atoms with Crippen molar-refractivity contribution in [1.29, 1.82) is 0 Å². The third-order valence-corrected chi connectivity index (χ3v) is 3.88. The molecule has 3 rings (SSSR count). The fourth-order valence-corrected chi connectivity index (χ4v) is 2.61. The maximum Gasteiger partial charge on any atom is 0.411 e. The van der Waals surface area contributed by atoms with Crippen molar-refractivity contribution in [2.24, 2.45) is 5.73 Å². The van der Waals surface area contributed by atoms with Crippen LogP contribution in [0.1, 0.15) is 10.4 Å². The van der Waals surface area contributed by atoms with Crippen molar-refractivity contribution in [3.05, 3.63) is 52.9 Å². The number of benzene rings is 1. The van der Waals surface area contributed by atoms with E-state index in [-0.39, 0.29) is 17.6 Å². The van der Waals surface area contributed by atoms with E-state index in [2.05, 4.69) is 26.8 Å². The second kappa shape index (κ2) is 6.94. The second-order valence-corrected chi connectivity index (χ2v) is 5.66. The molecule has 0 aliphatic rings. The van der Waals surface area contributed by atoms with E-state index in [1.165, 1.54) is 48.0 Å². The zero-order chi connectivity index (χ0) is 17.8. The Morgan fingerprint density at radius 3 is 2.48 bits per heavy atom. The highest BCUT2D eigenvalue weighted by molar-refractivity contribution is 7.15. The number of carbonyl (C=O) groups is 1. The fourth-order valence-electron chi connectivity index (χ4n) is 1.78. The minimum absolute atomic E-state index is 0.0149. The molecule has 1 aromatic carbocycles. The highest BCUT2D eigenvalue weighted by Gasteiger charge is 2.15. The van der Waals surface area contributed by atoms with Gasteiger partial charge in [0.15, 0.2) is 0 Å². The van der Waals surface area contributed by atoms with Gasteiger partial charge in [-0.15, -0.1) is 11.3 Å². The standard InChI is InChI=1S/C16H10FN5O2S/c17-11-4-1-9(2-5-11)3-6-12-13(24-16(19)23)22-14(25-12)10-7-20-15(18)21-8-10/h1-2,4-5,7-8H,(H2,19,23)(H2,18,20,21). The normalized spacial score (nSPS) is 9.96. The van der Waals surface area contributed by atoms with E-state index >= 15 is 0 Å². The summed E-state index contributed by atoms with van der Waals surface area (Å²) in [5.74, 6) is 5.45. The van der Waals surface area contributed by atoms with Gasteiger partial charge in [0.05, 0.1) is 0 Å². The lowest BCUT2D eigenvalue weighted by molar-refractivity contribution is 0.209. The van der Waals surface area contributed by atoms with Crippen LogP contribution in [0.15, 0.2) is 36.7 Å². The number of hydrogen-bond acceptors (Lipinski definition) is 7. The Balaban J connectivity index is 1.98. The number of nitrogens with two attached hydrogens (primary N) is 2. The molecule has 25 heavy (non-hydrogen) atoms. The summed E-state index contributed by atoms with van der Waals surface area (Å²) in [4.78, 5) is 23.4. The summed E-state index contributed by atoms with van der Waals surface area (Å²) >= 11 is 1.17. The smallest absolute Gasteiger partial charge is 0.389 e. The Kier molecular flexibility index (Phi) is 4.54. The number of thiazole rings is 1. The third-order valence-electron chi connectivity index (χ3n) is 2.88. The van der Waals surface area contributed by atoms with Gasteiger partial charge in [-0.2, -0.15) is 4.98 Å². The summed E-state index contributed by atoms with van der Waals surface area (Å²) in [6.45, 7) is 0. The highest BCUT2D eigenvalue weighted by Crippen LogP contribution is 2.31. The monoisotopic (exact) mass is 355 g/mol. The Bertz CT molecular complexity index is 974. The summed E-state index contributed by atoms with van der Waals surface area (Å²) in [6.07, 6.45) is 1.98. The molecule has 0 saturated carbocycles. The Hall–Kier alpha value is -3.51. The van der Waals surface area contributed by atoms with Crippen molar-refractivity contribution >= 4 is 23.4 Å². The SMILES string of the molecule is NC(=O)Oc1nc(-c2cnc(N)nc2)sc1C#Cc1ccc(F)cc1. The molecule has 0 radical (unpaired) electrons. The van der Waals surface area contributed by atoms with E-state index in [9.17, 15) is 9.18 Å². The van der Waals surface area contributed by atoms with Gasteiger partial charge in [-0.3, -0.25) is 0 Å². The number of nitrogens with zero attached hydrogens (tertiary/aromatic N) is 3. The van der Waals surface area contributed by atoms with Crippen molar-refractivity contribution in [2.75, 3.05) is 5.73 Å². The molecular weight excluding hydrogens is 345 g/mol. The molecule has 0 atom stereocenters. The van der Waals surface area contributed by atoms with E-state index in [0.717, 1.165) is 0 Å². The Morgan fingerprint density at radius 2 is 1.84 bits per heavy atom. The van der Waals surface area contributed by atoms with Gasteiger partial charge in [0.1, 0.15) is 15.7 Å². The van der Waals surface area contributed by atoms with E-state index in [1.807, 2.05) is 0 Å². The van der Waals surface area contributed by atoms with Crippen LogP contribution >= 0.6 is 11.3 Å². The maximum atomic E-state index is 12.9. The second-order valence-electron chi connectivity index (χ2n) is 4.66. The Labute approximate surface area is 145 Å². The number of anilines is 1. The maximum absolute atomic E-state index is 12.9. The van der Waals surface area contributed by atoms with Crippen molar-refractivity contribution in [3.63, 3.8) is 0 Å². The van der Waals surface area contributed by atoms with Crippen LogP contribution in [0, 0.1) is 17.7 Å². The van der Waals surface area contributed by atoms with Gasteiger partial charge in [0.2, 0.25) is 5.95 Å². The summed E-state index contributed by atoms with van der Waals surface area (Å²) in [6, 6.07) is 5.67. The largest absolute Gasteiger partial charge is 0.411 e. The van der Waals surface area contributed by atoms with Crippen LogP contribution in [0.2, 0.25) is 0 Å². The number of ether oxygens (including phenoxy) is 1. The molecule has 9 heteroatoms. The number of carbonyl (C=O) groups excluding carboxylic acids is 1. The summed E-state index contributed by atoms with van der Waals surface area (Å²) in [5, 5.41) is 0.486. The average Bonchev–Trinajstić information content (AvgIpc) is 2.97. The zero-order valence-corrected chi connectivity index (χ0v) is 13.4. The molecule has 0 fully saturated rings. The molecule has 2 heterocycles. The molecule has 0 saturated heterocycles. The first-order valence-electron chi connectivity index (χ1n) is 6.85. The minimum atomic E-state index is -1.00. The molecule has 0 unspecified atom stereocenters. The van der Waals surface area contributed by atoms with E-state index in [0.29, 0.717) is 21.0 Å². The van der Waals surface area contributed by atoms with Crippen LogP contribution in [0.5, 0.6) is 5.88 Å². The summed E-state index contributed by atoms with van der Waals surface area (Å²) < 4.78 is 17.8. The molecular formula is C16H10FN5O2S. The lowest BCUT2D eigenvalue weighted by Gasteiger charge is -1.96. The molecule has 124 valence electrons. The van der Waals surface area contributed by atoms with Crippen LogP contribution in [0.25, 0.3) is 10.6 Å². The molecule has 0 aliphatic carbocycles. The molecule has 4 N–H and O–H groups in total. The van der Waals surface area contributed by atoms with Crippen LogP contribution in [0.4, 0.5) is 15.1 Å².